The number of benzene rings is 3. The molecule has 3 aromatic rings. The Morgan fingerprint density at radius 1 is 0.667 bits per heavy atom. The van der Waals surface area contributed by atoms with Crippen LogP contribution in [0.2, 0.25) is 0 Å². The van der Waals surface area contributed by atoms with Crippen LogP contribution in [-0.4, -0.2) is 60.2 Å². The number of nitrogens with zero attached hydrogens (tertiary/aromatic N) is 1. The van der Waals surface area contributed by atoms with Crippen LogP contribution in [0.25, 0.3) is 0 Å². The second-order valence-corrected chi connectivity index (χ2v) is 14.5. The Morgan fingerprint density at radius 3 is 1.81 bits per heavy atom. The van der Waals surface area contributed by atoms with Crippen molar-refractivity contribution in [2.45, 2.75) is 135 Å². The molecule has 3 rings (SSSR count). The van der Waals surface area contributed by atoms with Crippen molar-refractivity contribution in [2.24, 2.45) is 0 Å². The molecule has 0 saturated heterocycles. The summed E-state index contributed by atoms with van der Waals surface area (Å²) in [5.41, 5.74) is 2.03. The number of carbonyl (C=O) groups excluding carboxylic acids is 4. The summed E-state index contributed by atoms with van der Waals surface area (Å²) in [6.45, 7) is 2.41. The maximum Gasteiger partial charge on any atom is 0.328 e. The standard InChI is InChI=1S/C46H65N3O8/c1-3-4-5-6-7-8-9-10-11-12-13-14-21-32-43(51)49(54)33-23-22-30-40(46(53)55-2)48-42(50)34-47-45(52)39-29-24-31-41(56-35-37-25-17-15-18-26-37)44(39)57-36-38-27-19-16-20-28-38/h15-20,24-29,31,40,54H,3-14,21-23,30,32-36H2,1-2H3,(H,47,52)(H,48,50)/t40-/m0/s1. The molecule has 0 saturated carbocycles. The topological polar surface area (TPSA) is 144 Å². The first-order chi connectivity index (χ1) is 27.8. The molecule has 0 aliphatic heterocycles. The van der Waals surface area contributed by atoms with Crippen molar-refractivity contribution >= 4 is 23.7 Å². The summed E-state index contributed by atoms with van der Waals surface area (Å²) >= 11 is 0. The van der Waals surface area contributed by atoms with Crippen LogP contribution in [0, 0.1) is 0 Å². The molecule has 0 spiro atoms. The van der Waals surface area contributed by atoms with Crippen molar-refractivity contribution in [3.8, 4) is 11.5 Å². The van der Waals surface area contributed by atoms with Gasteiger partial charge in [-0.25, -0.2) is 9.86 Å². The van der Waals surface area contributed by atoms with Gasteiger partial charge in [0, 0.05) is 13.0 Å². The average Bonchev–Trinajstić information content (AvgIpc) is 3.24. The first kappa shape index (κ1) is 46.5. The second kappa shape index (κ2) is 28.5. The van der Waals surface area contributed by atoms with E-state index in [4.69, 9.17) is 14.2 Å². The molecule has 0 fully saturated rings. The van der Waals surface area contributed by atoms with Gasteiger partial charge in [-0.05, 0) is 48.9 Å². The van der Waals surface area contributed by atoms with Gasteiger partial charge in [-0.15, -0.1) is 0 Å². The van der Waals surface area contributed by atoms with Gasteiger partial charge in [0.05, 0.1) is 19.2 Å². The van der Waals surface area contributed by atoms with Crippen molar-refractivity contribution < 1.29 is 38.6 Å². The Bertz CT molecular complexity index is 1590. The maximum atomic E-state index is 13.4. The van der Waals surface area contributed by atoms with E-state index in [2.05, 4.69) is 17.6 Å². The van der Waals surface area contributed by atoms with Crippen molar-refractivity contribution in [1.29, 1.82) is 0 Å². The predicted octanol–water partition coefficient (Wildman–Crippen LogP) is 9.10. The third kappa shape index (κ3) is 19.2. The SMILES string of the molecule is CCCCCCCCCCCCCCCC(=O)N(O)CCCC[C@H](NC(=O)CNC(=O)c1cccc(OCc2ccccc2)c1OCc1ccccc1)C(=O)OC. The van der Waals surface area contributed by atoms with Crippen molar-refractivity contribution in [2.75, 3.05) is 20.2 Å². The summed E-state index contributed by atoms with van der Waals surface area (Å²) < 4.78 is 17.1. The van der Waals surface area contributed by atoms with E-state index >= 15 is 0 Å². The zero-order valence-electron chi connectivity index (χ0n) is 34.2. The van der Waals surface area contributed by atoms with Gasteiger partial charge in [-0.2, -0.15) is 0 Å². The fourth-order valence-electron chi connectivity index (χ4n) is 6.47. The number of carbonyl (C=O) groups is 4. The minimum Gasteiger partial charge on any atom is -0.485 e. The third-order valence-electron chi connectivity index (χ3n) is 9.81. The minimum absolute atomic E-state index is 0.123. The number of ether oxygens (including phenoxy) is 3. The van der Waals surface area contributed by atoms with Gasteiger partial charge in [-0.1, -0.05) is 151 Å². The Kier molecular flexibility index (Phi) is 23.2. The molecule has 0 heterocycles. The van der Waals surface area contributed by atoms with E-state index in [1.807, 2.05) is 60.7 Å². The van der Waals surface area contributed by atoms with Crippen LogP contribution >= 0.6 is 0 Å². The fraction of sp³-hybridized carbons (Fsp3) is 0.522. The predicted molar refractivity (Wildman–Crippen MR) is 222 cm³/mol. The van der Waals surface area contributed by atoms with Crippen LogP contribution in [0.1, 0.15) is 138 Å². The number of hydrogen-bond acceptors (Lipinski definition) is 8. The van der Waals surface area contributed by atoms with Crippen LogP contribution < -0.4 is 20.1 Å². The number of hydrogen-bond donors (Lipinski definition) is 3. The van der Waals surface area contributed by atoms with Gasteiger partial charge in [0.25, 0.3) is 5.91 Å². The summed E-state index contributed by atoms with van der Waals surface area (Å²) in [6, 6.07) is 23.2. The molecule has 1 atom stereocenters. The maximum absolute atomic E-state index is 13.4. The quantitative estimate of drug-likeness (QED) is 0.0263. The van der Waals surface area contributed by atoms with Gasteiger partial charge >= 0.3 is 5.97 Å². The second-order valence-electron chi connectivity index (χ2n) is 14.5. The van der Waals surface area contributed by atoms with E-state index in [-0.39, 0.29) is 43.4 Å². The zero-order valence-corrected chi connectivity index (χ0v) is 34.2. The lowest BCUT2D eigenvalue weighted by molar-refractivity contribution is -0.165. The van der Waals surface area contributed by atoms with E-state index in [1.54, 1.807) is 18.2 Å². The van der Waals surface area contributed by atoms with Crippen LogP contribution in [0.5, 0.6) is 11.5 Å². The van der Waals surface area contributed by atoms with Gasteiger partial charge in [0.15, 0.2) is 11.5 Å². The lowest BCUT2D eigenvalue weighted by atomic mass is 10.0. The van der Waals surface area contributed by atoms with E-state index in [0.717, 1.165) is 35.5 Å². The number of rotatable bonds is 30. The highest BCUT2D eigenvalue weighted by Gasteiger charge is 2.23. The van der Waals surface area contributed by atoms with Gasteiger partial charge in [0.1, 0.15) is 19.3 Å². The Balaban J connectivity index is 1.39. The summed E-state index contributed by atoms with van der Waals surface area (Å²) in [4.78, 5) is 51.3. The fourth-order valence-corrected chi connectivity index (χ4v) is 6.47. The monoisotopic (exact) mass is 787 g/mol. The third-order valence-corrected chi connectivity index (χ3v) is 9.81. The van der Waals surface area contributed by atoms with E-state index in [9.17, 15) is 24.4 Å². The molecule has 3 amide bonds. The van der Waals surface area contributed by atoms with Crippen LogP contribution in [0.4, 0.5) is 0 Å². The molecular weight excluding hydrogens is 723 g/mol. The molecule has 3 N–H and O–H groups in total. The molecule has 11 nitrogen and oxygen atoms in total. The summed E-state index contributed by atoms with van der Waals surface area (Å²) in [5.74, 6) is -1.47. The van der Waals surface area contributed by atoms with Crippen LogP contribution in [0.15, 0.2) is 78.9 Å². The summed E-state index contributed by atoms with van der Waals surface area (Å²) in [5, 5.41) is 16.3. The van der Waals surface area contributed by atoms with E-state index in [0.29, 0.717) is 25.0 Å². The number of amides is 3. The largest absolute Gasteiger partial charge is 0.485 e. The number of methoxy groups -OCH3 is 1. The smallest absolute Gasteiger partial charge is 0.328 e. The highest BCUT2D eigenvalue weighted by atomic mass is 16.5. The lowest BCUT2D eigenvalue weighted by Gasteiger charge is -2.19. The van der Waals surface area contributed by atoms with Crippen LogP contribution in [0.3, 0.4) is 0 Å². The lowest BCUT2D eigenvalue weighted by Crippen LogP contribution is -2.46. The molecule has 0 aliphatic carbocycles. The molecule has 11 heteroatoms. The van der Waals surface area contributed by atoms with Crippen molar-refractivity contribution in [3.05, 3.63) is 95.6 Å². The normalized spacial score (nSPS) is 11.4. The van der Waals surface area contributed by atoms with Crippen LogP contribution in [-0.2, 0) is 32.3 Å². The Labute approximate surface area is 339 Å². The first-order valence-electron chi connectivity index (χ1n) is 20.9. The molecule has 312 valence electrons. The number of unbranched alkanes of at least 4 members (excludes halogenated alkanes) is 13. The van der Waals surface area contributed by atoms with Gasteiger partial charge in [0.2, 0.25) is 11.8 Å². The number of nitrogens with one attached hydrogen (secondary N) is 2. The zero-order chi connectivity index (χ0) is 40.9. The number of para-hydroxylation sites is 1. The first-order valence-corrected chi connectivity index (χ1v) is 20.9. The molecule has 0 bridgehead atoms. The van der Waals surface area contributed by atoms with E-state index in [1.165, 1.54) is 71.3 Å². The highest BCUT2D eigenvalue weighted by molar-refractivity contribution is 5.99. The molecule has 3 aromatic carbocycles. The molecular formula is C46H65N3O8. The molecule has 0 aliphatic rings. The van der Waals surface area contributed by atoms with Gasteiger partial charge in [-0.3, -0.25) is 19.6 Å². The average molecular weight is 788 g/mol. The summed E-state index contributed by atoms with van der Waals surface area (Å²) in [7, 11) is 1.23. The number of esters is 1. The Hall–Kier alpha value is -4.90. The minimum atomic E-state index is -0.965. The molecule has 0 radical (unpaired) electrons. The highest BCUT2D eigenvalue weighted by Crippen LogP contribution is 2.33. The molecule has 0 aromatic heterocycles. The van der Waals surface area contributed by atoms with E-state index < -0.39 is 30.4 Å². The number of hydroxylamine groups is 2. The Morgan fingerprint density at radius 2 is 1.23 bits per heavy atom. The molecule has 57 heavy (non-hydrogen) atoms. The van der Waals surface area contributed by atoms with Crippen molar-refractivity contribution in [3.63, 3.8) is 0 Å². The van der Waals surface area contributed by atoms with Gasteiger partial charge < -0.3 is 24.8 Å². The van der Waals surface area contributed by atoms with Crippen molar-refractivity contribution in [1.82, 2.24) is 15.7 Å². The molecule has 0 unspecified atom stereocenters. The summed E-state index contributed by atoms with van der Waals surface area (Å²) in [6.07, 6.45) is 17.2.